The second-order valence-electron chi connectivity index (χ2n) is 4.61. The number of benzene rings is 2. The van der Waals surface area contributed by atoms with Crippen LogP contribution in [0.3, 0.4) is 0 Å². The average molecular weight is 428 g/mol. The summed E-state index contributed by atoms with van der Waals surface area (Å²) in [5.41, 5.74) is 1.85. The van der Waals surface area contributed by atoms with Gasteiger partial charge < -0.3 is 10.6 Å². The van der Waals surface area contributed by atoms with Crippen molar-refractivity contribution in [2.24, 2.45) is 0 Å². The highest BCUT2D eigenvalue weighted by molar-refractivity contribution is 9.11. The second kappa shape index (κ2) is 6.12. The lowest BCUT2D eigenvalue weighted by Crippen LogP contribution is -2.23. The molecule has 108 valence electrons. The Morgan fingerprint density at radius 2 is 1.90 bits per heavy atom. The van der Waals surface area contributed by atoms with E-state index in [0.717, 1.165) is 30.0 Å². The van der Waals surface area contributed by atoms with Gasteiger partial charge in [-0.05, 0) is 63.2 Å². The van der Waals surface area contributed by atoms with Gasteiger partial charge >= 0.3 is 0 Å². The van der Waals surface area contributed by atoms with E-state index in [1.54, 1.807) is 18.8 Å². The predicted molar refractivity (Wildman–Crippen MR) is 92.8 cm³/mol. The molecule has 0 aliphatic carbocycles. The molecule has 1 heterocycles. The molecule has 1 aliphatic rings. The van der Waals surface area contributed by atoms with E-state index in [0.29, 0.717) is 0 Å². The van der Waals surface area contributed by atoms with Gasteiger partial charge in [0.15, 0.2) is 0 Å². The third kappa shape index (κ3) is 2.90. The van der Waals surface area contributed by atoms with Crippen molar-refractivity contribution in [3.63, 3.8) is 0 Å². The lowest BCUT2D eigenvalue weighted by Gasteiger charge is -2.10. The van der Waals surface area contributed by atoms with Crippen LogP contribution in [0.2, 0.25) is 0 Å². The van der Waals surface area contributed by atoms with Crippen LogP contribution in [0.4, 0.5) is 5.69 Å². The predicted octanol–water partition coefficient (Wildman–Crippen LogP) is 4.58. The van der Waals surface area contributed by atoms with Crippen LogP contribution < -0.4 is 10.6 Å². The lowest BCUT2D eigenvalue weighted by atomic mass is 10.1. The summed E-state index contributed by atoms with van der Waals surface area (Å²) in [6, 6.07) is 11.8. The standard InChI is InChI=1S/C15H12Br2N2OS/c1-18-14-8-6-10(17)13(7-11(8)19-15(14)20)21-12-5-3-2-4-9(12)16/h2-7,14,18H,1H3,(H,19,20). The number of anilines is 1. The van der Waals surface area contributed by atoms with Crippen LogP contribution in [0.15, 0.2) is 55.1 Å². The van der Waals surface area contributed by atoms with E-state index in [4.69, 9.17) is 0 Å². The molecule has 1 amide bonds. The molecule has 0 saturated heterocycles. The van der Waals surface area contributed by atoms with Gasteiger partial charge in [-0.25, -0.2) is 0 Å². The lowest BCUT2D eigenvalue weighted by molar-refractivity contribution is -0.117. The van der Waals surface area contributed by atoms with Crippen LogP contribution in [0.25, 0.3) is 0 Å². The first-order chi connectivity index (χ1) is 10.1. The maximum Gasteiger partial charge on any atom is 0.246 e. The Bertz CT molecular complexity index is 721. The van der Waals surface area contributed by atoms with E-state index in [-0.39, 0.29) is 11.9 Å². The summed E-state index contributed by atoms with van der Waals surface area (Å²) < 4.78 is 2.04. The zero-order valence-corrected chi connectivity index (χ0v) is 15.1. The number of carbonyl (C=O) groups is 1. The van der Waals surface area contributed by atoms with E-state index in [1.165, 1.54) is 0 Å². The summed E-state index contributed by atoms with van der Waals surface area (Å²) in [5.74, 6) is -0.0116. The molecule has 21 heavy (non-hydrogen) atoms. The smallest absolute Gasteiger partial charge is 0.246 e. The molecule has 1 aliphatic heterocycles. The van der Waals surface area contributed by atoms with Crippen molar-refractivity contribution >= 4 is 55.2 Å². The molecule has 0 saturated carbocycles. The molecule has 3 rings (SSSR count). The van der Waals surface area contributed by atoms with E-state index in [1.807, 2.05) is 30.3 Å². The van der Waals surface area contributed by atoms with Crippen LogP contribution in [0.1, 0.15) is 11.6 Å². The van der Waals surface area contributed by atoms with E-state index in [9.17, 15) is 4.79 Å². The van der Waals surface area contributed by atoms with Gasteiger partial charge in [0.25, 0.3) is 0 Å². The number of nitrogens with one attached hydrogen (secondary N) is 2. The van der Waals surface area contributed by atoms with Crippen LogP contribution in [0.5, 0.6) is 0 Å². The Hall–Kier alpha value is -0.820. The fourth-order valence-corrected chi connectivity index (χ4v) is 4.29. The van der Waals surface area contributed by atoms with Crippen LogP contribution in [-0.4, -0.2) is 13.0 Å². The molecule has 2 aromatic carbocycles. The summed E-state index contributed by atoms with van der Waals surface area (Å²) in [5, 5.41) is 5.95. The molecule has 0 bridgehead atoms. The largest absolute Gasteiger partial charge is 0.324 e. The zero-order valence-electron chi connectivity index (χ0n) is 11.1. The summed E-state index contributed by atoms with van der Waals surface area (Å²) in [4.78, 5) is 14.1. The molecule has 0 fully saturated rings. The summed E-state index contributed by atoms with van der Waals surface area (Å²) in [6.07, 6.45) is 0. The molecule has 1 atom stereocenters. The van der Waals surface area contributed by atoms with Crippen LogP contribution >= 0.6 is 43.6 Å². The maximum absolute atomic E-state index is 11.9. The number of carbonyl (C=O) groups excluding carboxylic acids is 1. The van der Waals surface area contributed by atoms with E-state index >= 15 is 0 Å². The molecular weight excluding hydrogens is 416 g/mol. The second-order valence-corrected chi connectivity index (χ2v) is 7.41. The number of amides is 1. The quantitative estimate of drug-likeness (QED) is 0.753. The number of hydrogen-bond donors (Lipinski definition) is 2. The first kappa shape index (κ1) is 15.1. The third-order valence-electron chi connectivity index (χ3n) is 3.28. The molecule has 2 N–H and O–H groups in total. The Morgan fingerprint density at radius 3 is 2.62 bits per heavy atom. The fourth-order valence-electron chi connectivity index (χ4n) is 2.27. The molecule has 0 aromatic heterocycles. The minimum atomic E-state index is -0.279. The van der Waals surface area contributed by atoms with E-state index < -0.39 is 0 Å². The number of hydrogen-bond acceptors (Lipinski definition) is 3. The normalized spacial score (nSPS) is 16.7. The Labute approximate surface area is 144 Å². The Kier molecular flexibility index (Phi) is 4.40. The third-order valence-corrected chi connectivity index (χ3v) is 6.29. The average Bonchev–Trinajstić information content (AvgIpc) is 2.76. The first-order valence-electron chi connectivity index (χ1n) is 6.34. The molecule has 2 aromatic rings. The fraction of sp³-hybridized carbons (Fsp3) is 0.133. The topological polar surface area (TPSA) is 41.1 Å². The molecule has 3 nitrogen and oxygen atoms in total. The highest BCUT2D eigenvalue weighted by Gasteiger charge is 2.30. The Morgan fingerprint density at radius 1 is 1.14 bits per heavy atom. The number of rotatable bonds is 3. The van der Waals surface area contributed by atoms with Crippen molar-refractivity contribution in [3.8, 4) is 0 Å². The minimum Gasteiger partial charge on any atom is -0.324 e. The van der Waals surface area contributed by atoms with Gasteiger partial charge in [0, 0.05) is 30.0 Å². The van der Waals surface area contributed by atoms with E-state index in [2.05, 4.69) is 48.6 Å². The molecule has 1 unspecified atom stereocenters. The van der Waals surface area contributed by atoms with Crippen molar-refractivity contribution in [2.45, 2.75) is 15.8 Å². The van der Waals surface area contributed by atoms with Crippen molar-refractivity contribution in [3.05, 3.63) is 50.9 Å². The minimum absolute atomic E-state index is 0.0116. The zero-order chi connectivity index (χ0) is 15.0. The van der Waals surface area contributed by atoms with Gasteiger partial charge in [0.05, 0.1) is 0 Å². The van der Waals surface area contributed by atoms with Crippen LogP contribution in [0, 0.1) is 0 Å². The highest BCUT2D eigenvalue weighted by Crippen LogP contribution is 2.42. The van der Waals surface area contributed by atoms with Gasteiger partial charge in [-0.2, -0.15) is 0 Å². The summed E-state index contributed by atoms with van der Waals surface area (Å²) in [6.45, 7) is 0. The summed E-state index contributed by atoms with van der Waals surface area (Å²) in [7, 11) is 1.79. The summed E-state index contributed by atoms with van der Waals surface area (Å²) >= 11 is 8.81. The first-order valence-corrected chi connectivity index (χ1v) is 8.74. The van der Waals surface area contributed by atoms with Crippen molar-refractivity contribution in [1.82, 2.24) is 5.32 Å². The molecule has 6 heteroatoms. The van der Waals surface area contributed by atoms with Crippen molar-refractivity contribution < 1.29 is 4.79 Å². The van der Waals surface area contributed by atoms with Crippen molar-refractivity contribution in [1.29, 1.82) is 0 Å². The monoisotopic (exact) mass is 426 g/mol. The number of halogens is 2. The highest BCUT2D eigenvalue weighted by atomic mass is 79.9. The van der Waals surface area contributed by atoms with Gasteiger partial charge in [-0.1, -0.05) is 23.9 Å². The van der Waals surface area contributed by atoms with Crippen LogP contribution in [-0.2, 0) is 4.79 Å². The Balaban J connectivity index is 1.98. The van der Waals surface area contributed by atoms with Gasteiger partial charge in [0.2, 0.25) is 5.91 Å². The molecule has 0 spiro atoms. The van der Waals surface area contributed by atoms with Gasteiger partial charge in [-0.15, -0.1) is 0 Å². The maximum atomic E-state index is 11.9. The SMILES string of the molecule is CNC1C(=O)Nc2cc(Sc3ccccc3Br)c(Br)cc21. The van der Waals surface area contributed by atoms with Gasteiger partial charge in [0.1, 0.15) is 6.04 Å². The molecule has 0 radical (unpaired) electrons. The molecular formula is C15H12Br2N2OS. The number of fused-ring (bicyclic) bond motifs is 1. The van der Waals surface area contributed by atoms with Crippen molar-refractivity contribution in [2.75, 3.05) is 12.4 Å². The van der Waals surface area contributed by atoms with Gasteiger partial charge in [-0.3, -0.25) is 4.79 Å². The number of likely N-dealkylation sites (N-methyl/N-ethyl adjacent to an activating group) is 1.